The molecule has 256 valence electrons. The van der Waals surface area contributed by atoms with Crippen molar-refractivity contribution in [1.29, 1.82) is 0 Å². The number of hydrogen-bond acceptors (Lipinski definition) is 7. The van der Waals surface area contributed by atoms with E-state index in [2.05, 4.69) is 78.0 Å². The number of hydrogen-bond donors (Lipinski definition) is 6. The molecular formula is C38H68N6S. The quantitative estimate of drug-likeness (QED) is 0.0968. The van der Waals surface area contributed by atoms with Crippen molar-refractivity contribution in [2.24, 2.45) is 11.8 Å². The van der Waals surface area contributed by atoms with E-state index in [1.165, 1.54) is 93.2 Å². The topological polar surface area (TPSA) is 142 Å². The van der Waals surface area contributed by atoms with Gasteiger partial charge in [-0.2, -0.15) is 0 Å². The SMILES string of the molecule is CCCCC(C)CC.CCCCC(CC)CNc1ccc(N)c(C)c1.CCCCc1ccc(N)cc1.Cc1c(N)sc(N)c1N. The average Bonchev–Trinajstić information content (AvgIpc) is 3.26. The van der Waals surface area contributed by atoms with Gasteiger partial charge in [-0.15, -0.1) is 0 Å². The van der Waals surface area contributed by atoms with Gasteiger partial charge in [0.25, 0.3) is 0 Å². The number of nitrogens with two attached hydrogens (primary N) is 5. The fraction of sp³-hybridized carbons (Fsp3) is 0.579. The Morgan fingerprint density at radius 3 is 1.76 bits per heavy atom. The number of rotatable bonds is 14. The minimum absolute atomic E-state index is 0.616. The highest BCUT2D eigenvalue weighted by Crippen LogP contribution is 2.34. The normalized spacial score (nSPS) is 11.6. The molecule has 2 atom stereocenters. The Hall–Kier alpha value is -3.06. The highest BCUT2D eigenvalue weighted by atomic mass is 32.1. The number of nitrogen functional groups attached to an aromatic ring is 5. The third-order valence-corrected chi connectivity index (χ3v) is 9.18. The van der Waals surface area contributed by atoms with E-state index in [-0.39, 0.29) is 0 Å². The summed E-state index contributed by atoms with van der Waals surface area (Å²) >= 11 is 1.33. The predicted molar refractivity (Wildman–Crippen MR) is 208 cm³/mol. The van der Waals surface area contributed by atoms with Gasteiger partial charge in [0.15, 0.2) is 0 Å². The molecule has 2 unspecified atom stereocenters. The van der Waals surface area contributed by atoms with Crippen molar-refractivity contribution >= 4 is 44.1 Å². The first kappa shape index (κ1) is 41.9. The van der Waals surface area contributed by atoms with Crippen LogP contribution in [0.4, 0.5) is 32.8 Å². The second-order valence-electron chi connectivity index (χ2n) is 12.2. The molecule has 0 aliphatic carbocycles. The lowest BCUT2D eigenvalue weighted by Crippen LogP contribution is -2.13. The molecule has 6 nitrogen and oxygen atoms in total. The molecule has 3 aromatic rings. The minimum Gasteiger partial charge on any atom is -0.399 e. The summed E-state index contributed by atoms with van der Waals surface area (Å²) in [7, 11) is 0. The van der Waals surface area contributed by atoms with Gasteiger partial charge in [-0.05, 0) is 86.4 Å². The first-order chi connectivity index (χ1) is 21.4. The van der Waals surface area contributed by atoms with Gasteiger partial charge in [-0.25, -0.2) is 0 Å². The second kappa shape index (κ2) is 25.2. The summed E-state index contributed by atoms with van der Waals surface area (Å²) in [4.78, 5) is 0. The van der Waals surface area contributed by atoms with Crippen molar-refractivity contribution in [2.75, 3.05) is 40.5 Å². The Kier molecular flexibility index (Phi) is 23.5. The molecule has 0 bridgehead atoms. The molecular weight excluding hydrogens is 573 g/mol. The van der Waals surface area contributed by atoms with Gasteiger partial charge in [0.05, 0.1) is 10.7 Å². The van der Waals surface area contributed by atoms with Gasteiger partial charge in [-0.3, -0.25) is 0 Å². The van der Waals surface area contributed by atoms with Crippen molar-refractivity contribution in [3.05, 3.63) is 59.2 Å². The summed E-state index contributed by atoms with van der Waals surface area (Å²) in [5, 5.41) is 4.85. The number of benzene rings is 2. The highest BCUT2D eigenvalue weighted by molar-refractivity contribution is 7.20. The lowest BCUT2D eigenvalue weighted by molar-refractivity contribution is 0.473. The van der Waals surface area contributed by atoms with Gasteiger partial charge in [-0.1, -0.05) is 116 Å². The summed E-state index contributed by atoms with van der Waals surface area (Å²) in [6.07, 6.45) is 14.4. The molecule has 1 aromatic heterocycles. The maximum atomic E-state index is 5.81. The van der Waals surface area contributed by atoms with E-state index in [0.29, 0.717) is 15.7 Å². The molecule has 3 rings (SSSR count). The van der Waals surface area contributed by atoms with Gasteiger partial charge in [0.1, 0.15) is 5.00 Å². The van der Waals surface area contributed by atoms with Crippen LogP contribution in [-0.4, -0.2) is 6.54 Å². The van der Waals surface area contributed by atoms with E-state index in [1.54, 1.807) is 0 Å². The van der Waals surface area contributed by atoms with E-state index < -0.39 is 0 Å². The maximum absolute atomic E-state index is 5.81. The van der Waals surface area contributed by atoms with Crippen LogP contribution in [0.5, 0.6) is 0 Å². The number of unbranched alkanes of at least 4 members (excludes halogenated alkanes) is 3. The van der Waals surface area contributed by atoms with Crippen molar-refractivity contribution in [3.8, 4) is 0 Å². The van der Waals surface area contributed by atoms with E-state index in [1.807, 2.05) is 25.1 Å². The van der Waals surface area contributed by atoms with Crippen LogP contribution in [0.3, 0.4) is 0 Å². The standard InChI is InChI=1S/C15H26N2.C10H15N.C8H18.C5H9N3S/c1-4-6-7-13(5-2)11-17-14-8-9-15(16)12(3)10-14;1-2-3-4-9-5-7-10(11)8-6-9;1-4-6-7-8(3)5-2;1-2-3(6)5(8)9-4(2)7/h8-10,13,17H,4-7,11,16H2,1-3H3;5-8H,2-4,11H2,1H3;8H,4-7H2,1-3H3;6-8H2,1H3. The highest BCUT2D eigenvalue weighted by Gasteiger charge is 2.06. The Morgan fingerprint density at radius 2 is 1.31 bits per heavy atom. The van der Waals surface area contributed by atoms with E-state index >= 15 is 0 Å². The number of anilines is 6. The van der Waals surface area contributed by atoms with Crippen LogP contribution in [0, 0.1) is 25.7 Å². The molecule has 0 amide bonds. The fourth-order valence-corrected chi connectivity index (χ4v) is 5.14. The number of aryl methyl sites for hydroxylation is 2. The zero-order valence-corrected chi connectivity index (χ0v) is 30.8. The molecule has 0 saturated carbocycles. The summed E-state index contributed by atoms with van der Waals surface area (Å²) in [6.45, 7) is 18.6. The van der Waals surface area contributed by atoms with Crippen molar-refractivity contribution in [2.45, 2.75) is 126 Å². The molecule has 0 fully saturated rings. The molecule has 0 radical (unpaired) electrons. The summed E-state index contributed by atoms with van der Waals surface area (Å²) in [6, 6.07) is 14.3. The van der Waals surface area contributed by atoms with Gasteiger partial charge < -0.3 is 34.0 Å². The van der Waals surface area contributed by atoms with Crippen LogP contribution in [-0.2, 0) is 6.42 Å². The van der Waals surface area contributed by atoms with Crippen LogP contribution in [0.15, 0.2) is 42.5 Å². The smallest absolute Gasteiger partial charge is 0.111 e. The minimum atomic E-state index is 0.616. The molecule has 0 aliphatic heterocycles. The first-order valence-corrected chi connectivity index (χ1v) is 18.1. The van der Waals surface area contributed by atoms with Gasteiger partial charge in [0, 0.05) is 29.2 Å². The molecule has 0 saturated heterocycles. The number of nitrogens with one attached hydrogen (secondary N) is 1. The Morgan fingerprint density at radius 1 is 0.711 bits per heavy atom. The summed E-state index contributed by atoms with van der Waals surface area (Å²) in [5.41, 5.74) is 34.8. The monoisotopic (exact) mass is 641 g/mol. The molecule has 7 heteroatoms. The second-order valence-corrected chi connectivity index (χ2v) is 13.3. The molecule has 1 heterocycles. The third-order valence-electron chi connectivity index (χ3n) is 8.21. The van der Waals surface area contributed by atoms with Crippen LogP contribution >= 0.6 is 11.3 Å². The van der Waals surface area contributed by atoms with E-state index in [0.717, 1.165) is 40.9 Å². The lowest BCUT2D eigenvalue weighted by Gasteiger charge is -2.16. The maximum Gasteiger partial charge on any atom is 0.111 e. The molecule has 45 heavy (non-hydrogen) atoms. The van der Waals surface area contributed by atoms with Crippen LogP contribution < -0.4 is 34.0 Å². The zero-order chi connectivity index (χ0) is 34.2. The zero-order valence-electron chi connectivity index (χ0n) is 30.0. The molecule has 0 spiro atoms. The van der Waals surface area contributed by atoms with Crippen molar-refractivity contribution in [1.82, 2.24) is 0 Å². The van der Waals surface area contributed by atoms with Crippen molar-refractivity contribution < 1.29 is 0 Å². The Balaban J connectivity index is 0.000000603. The van der Waals surface area contributed by atoms with E-state index in [4.69, 9.17) is 28.7 Å². The largest absolute Gasteiger partial charge is 0.399 e. The third kappa shape index (κ3) is 19.1. The summed E-state index contributed by atoms with van der Waals surface area (Å²) < 4.78 is 0. The van der Waals surface area contributed by atoms with Crippen LogP contribution in [0.2, 0.25) is 0 Å². The fourth-order valence-electron chi connectivity index (χ4n) is 4.38. The molecule has 0 aliphatic rings. The van der Waals surface area contributed by atoms with Gasteiger partial charge in [0.2, 0.25) is 0 Å². The average molecular weight is 641 g/mol. The van der Waals surface area contributed by atoms with E-state index in [9.17, 15) is 0 Å². The van der Waals surface area contributed by atoms with Crippen LogP contribution in [0.1, 0.15) is 122 Å². The molecule has 2 aromatic carbocycles. The van der Waals surface area contributed by atoms with Crippen LogP contribution in [0.25, 0.3) is 0 Å². The lowest BCUT2D eigenvalue weighted by atomic mass is 9.99. The first-order valence-electron chi connectivity index (χ1n) is 17.3. The van der Waals surface area contributed by atoms with Crippen molar-refractivity contribution in [3.63, 3.8) is 0 Å². The Bertz CT molecular complexity index is 1120. The molecule has 11 N–H and O–H groups in total. The number of thiophene rings is 1. The Labute approximate surface area is 280 Å². The predicted octanol–water partition coefficient (Wildman–Crippen LogP) is 10.8. The van der Waals surface area contributed by atoms with Gasteiger partial charge >= 0.3 is 0 Å². The summed E-state index contributed by atoms with van der Waals surface area (Å²) in [5.74, 6) is 1.74.